The third-order valence-electron chi connectivity index (χ3n) is 11.8. The maximum absolute atomic E-state index is 14.8. The van der Waals surface area contributed by atoms with Crippen LogP contribution in [0, 0.1) is 11.3 Å². The molecule has 0 aliphatic carbocycles. The molecule has 0 unspecified atom stereocenters. The first-order valence-corrected chi connectivity index (χ1v) is 24.9. The number of benzene rings is 1. The number of pyridine rings is 1. The zero-order chi connectivity index (χ0) is 50.3. The van der Waals surface area contributed by atoms with Crippen LogP contribution in [0.2, 0.25) is 0 Å². The molecule has 2 aliphatic heterocycles. The number of aromatic nitrogens is 9. The van der Waals surface area contributed by atoms with Crippen LogP contribution < -0.4 is 10.2 Å². The molecule has 370 valence electrons. The number of hydrogen-bond donors (Lipinski definition) is 3. The van der Waals surface area contributed by atoms with E-state index in [0.717, 1.165) is 12.5 Å². The number of aliphatic hydroxyl groups is 2. The maximum atomic E-state index is 14.8. The number of imidazole rings is 2. The van der Waals surface area contributed by atoms with E-state index in [9.17, 15) is 58.7 Å². The average Bonchev–Trinajstić information content (AvgIpc) is 4.02. The first-order valence-electron chi connectivity index (χ1n) is 21.2. The van der Waals surface area contributed by atoms with Gasteiger partial charge in [0.2, 0.25) is 31.9 Å². The van der Waals surface area contributed by atoms with Crippen molar-refractivity contribution in [3.8, 4) is 40.2 Å². The molecule has 0 saturated carbocycles. The largest absolute Gasteiger partial charge is 0.420 e. The van der Waals surface area contributed by atoms with Crippen LogP contribution in [0.3, 0.4) is 0 Å². The van der Waals surface area contributed by atoms with E-state index in [1.165, 1.54) is 78.0 Å². The Labute approximate surface area is 396 Å². The van der Waals surface area contributed by atoms with E-state index in [2.05, 4.69) is 40.2 Å². The summed E-state index contributed by atoms with van der Waals surface area (Å²) in [6, 6.07) is 8.17. The van der Waals surface area contributed by atoms with Crippen LogP contribution in [-0.2, 0) is 45.6 Å². The number of nitrogens with zero attached hydrogens (tertiary/aromatic N) is 13. The fraction of sp³-hybridized carbons (Fsp3) is 0.381. The molecular formula is C42H42F6N14O6S2. The quantitative estimate of drug-likeness (QED) is 0.133. The van der Waals surface area contributed by atoms with E-state index >= 15 is 0 Å². The van der Waals surface area contributed by atoms with Crippen LogP contribution in [-0.4, -0.2) is 130 Å². The van der Waals surface area contributed by atoms with E-state index in [1.54, 1.807) is 0 Å². The van der Waals surface area contributed by atoms with Gasteiger partial charge in [0.25, 0.3) is 0 Å². The van der Waals surface area contributed by atoms with Crippen LogP contribution >= 0.6 is 0 Å². The van der Waals surface area contributed by atoms with Crippen LogP contribution in [0.5, 0.6) is 0 Å². The van der Waals surface area contributed by atoms with Gasteiger partial charge in [-0.15, -0.1) is 0 Å². The summed E-state index contributed by atoms with van der Waals surface area (Å²) in [7, 11) is -7.07. The summed E-state index contributed by atoms with van der Waals surface area (Å²) in [5.74, 6) is -0.423. The van der Waals surface area contributed by atoms with Crippen molar-refractivity contribution >= 4 is 37.6 Å². The second kappa shape index (κ2) is 19.3. The van der Waals surface area contributed by atoms with E-state index in [4.69, 9.17) is 0 Å². The second-order valence-corrected chi connectivity index (χ2v) is 20.4. The van der Waals surface area contributed by atoms with Crippen molar-refractivity contribution in [2.24, 2.45) is 0 Å². The van der Waals surface area contributed by atoms with Crippen LogP contribution in [0.25, 0.3) is 34.2 Å². The van der Waals surface area contributed by atoms with Crippen LogP contribution in [0.1, 0.15) is 53.8 Å². The minimum Gasteiger partial charge on any atom is -0.392 e. The molecule has 0 amide bonds. The third kappa shape index (κ3) is 10.6. The van der Waals surface area contributed by atoms with Crippen molar-refractivity contribution in [3.63, 3.8) is 0 Å². The first kappa shape index (κ1) is 49.8. The molecule has 2 aliphatic rings. The molecule has 2 saturated heterocycles. The Bertz CT molecular complexity index is 3180. The molecule has 70 heavy (non-hydrogen) atoms. The number of hydrogen-bond acceptors (Lipinski definition) is 16. The lowest BCUT2D eigenvalue weighted by Gasteiger charge is -2.38. The van der Waals surface area contributed by atoms with Gasteiger partial charge in [0.1, 0.15) is 52.0 Å². The predicted molar refractivity (Wildman–Crippen MR) is 238 cm³/mol. The van der Waals surface area contributed by atoms with E-state index < -0.39 is 74.2 Å². The van der Waals surface area contributed by atoms with Gasteiger partial charge in [-0.3, -0.25) is 0 Å². The number of halogens is 6. The standard InChI is InChI=1S/C42H42F6N14O6S2/c1-69(65,66)60-11-7-26(8-12-60)55-39-50-17-30(41(43,44)45)37(56-39)32-20-59(24-53-32)36-15-29(5-3-25(36)21-63)62(28-9-13-61(14-10-28)70(2,67)68)40-51-18-31(42(46,47)48)38(57-40)33-19-58(23-52-33)35-6-4-27(16-49)54-34(35)22-64/h3-6,15,17-20,23-24,26,28,63-64H,7-14,21-22H2,1-2H3,(H,50,55,56). The number of nitrogens with one attached hydrogen (secondary N) is 1. The number of sulfonamides is 2. The molecule has 6 aromatic rings. The summed E-state index contributed by atoms with van der Waals surface area (Å²) in [5.41, 5.74) is -3.29. The van der Waals surface area contributed by atoms with Gasteiger partial charge in [-0.25, -0.2) is 60.3 Å². The lowest BCUT2D eigenvalue weighted by molar-refractivity contribution is -0.138. The summed E-state index contributed by atoms with van der Waals surface area (Å²) in [4.78, 5) is 30.8. The Morgan fingerprint density at radius 1 is 0.729 bits per heavy atom. The molecule has 8 rings (SSSR count). The molecule has 2 fully saturated rings. The zero-order valence-electron chi connectivity index (χ0n) is 37.0. The Balaban J connectivity index is 1.19. The van der Waals surface area contributed by atoms with Crippen molar-refractivity contribution in [2.45, 2.75) is 63.3 Å². The Morgan fingerprint density at radius 3 is 1.83 bits per heavy atom. The lowest BCUT2D eigenvalue weighted by atomic mass is 10.0. The monoisotopic (exact) mass is 1020 g/mol. The first-order chi connectivity index (χ1) is 33.0. The molecule has 1 aromatic carbocycles. The SMILES string of the molecule is CS(=O)(=O)N1CCC(Nc2ncc(C(F)(F)F)c(-c3cn(-c4cc(N(c5ncc(C(F)(F)F)c(-c6cn(-c7ccc(C#N)nc7CO)cn6)n5)C5CCN(S(C)(=O)=O)CC5)ccc4CO)cn3)n2)CC1. The van der Waals surface area contributed by atoms with Gasteiger partial charge in [0, 0.05) is 74.3 Å². The number of nitriles is 1. The van der Waals surface area contributed by atoms with Crippen LogP contribution in [0.15, 0.2) is 67.8 Å². The van der Waals surface area contributed by atoms with E-state index in [0.29, 0.717) is 25.2 Å². The van der Waals surface area contributed by atoms with Crippen molar-refractivity contribution < 1.29 is 53.4 Å². The van der Waals surface area contributed by atoms with Gasteiger partial charge in [0.15, 0.2) is 0 Å². The Kier molecular flexibility index (Phi) is 13.7. The minimum absolute atomic E-state index is 0.00867. The van der Waals surface area contributed by atoms with Crippen molar-refractivity contribution in [2.75, 3.05) is 48.9 Å². The molecule has 3 N–H and O–H groups in total. The highest BCUT2D eigenvalue weighted by Gasteiger charge is 2.39. The van der Waals surface area contributed by atoms with Gasteiger partial charge in [-0.1, -0.05) is 6.07 Å². The summed E-state index contributed by atoms with van der Waals surface area (Å²) < 4.78 is 142. The van der Waals surface area contributed by atoms with Gasteiger partial charge in [0.05, 0.1) is 49.1 Å². The molecule has 0 radical (unpaired) electrons. The summed E-state index contributed by atoms with van der Waals surface area (Å²) in [6.07, 6.45) is -0.776. The molecule has 20 nitrogen and oxygen atoms in total. The number of anilines is 3. The number of aliphatic hydroxyl groups excluding tert-OH is 2. The topological polar surface area (TPSA) is 254 Å². The normalized spacial score (nSPS) is 16.1. The number of alkyl halides is 6. The Hall–Kier alpha value is -6.64. The van der Waals surface area contributed by atoms with Gasteiger partial charge in [-0.2, -0.15) is 31.6 Å². The predicted octanol–water partition coefficient (Wildman–Crippen LogP) is 4.66. The second-order valence-electron chi connectivity index (χ2n) is 16.5. The fourth-order valence-electron chi connectivity index (χ4n) is 8.32. The van der Waals surface area contributed by atoms with E-state index in [-0.39, 0.29) is 102 Å². The summed E-state index contributed by atoms with van der Waals surface area (Å²) in [6.45, 7) is -0.789. The van der Waals surface area contributed by atoms with E-state index in [1.807, 2.05) is 6.07 Å². The van der Waals surface area contributed by atoms with Gasteiger partial charge < -0.3 is 29.6 Å². The van der Waals surface area contributed by atoms with Crippen LogP contribution in [0.4, 0.5) is 43.9 Å². The molecule has 7 heterocycles. The summed E-state index contributed by atoms with van der Waals surface area (Å²) >= 11 is 0. The molecular weight excluding hydrogens is 975 g/mol. The van der Waals surface area contributed by atoms with Gasteiger partial charge >= 0.3 is 12.4 Å². The smallest absolute Gasteiger partial charge is 0.392 e. The minimum atomic E-state index is -4.99. The molecule has 0 bridgehead atoms. The number of piperidine rings is 2. The van der Waals surface area contributed by atoms with Gasteiger partial charge in [-0.05, 0) is 49.9 Å². The third-order valence-corrected chi connectivity index (χ3v) is 14.4. The lowest BCUT2D eigenvalue weighted by Crippen LogP contribution is -2.45. The highest BCUT2D eigenvalue weighted by atomic mass is 32.2. The molecule has 0 atom stereocenters. The maximum Gasteiger partial charge on any atom is 0.420 e. The fourth-order valence-corrected chi connectivity index (χ4v) is 10.1. The van der Waals surface area contributed by atoms with Crippen molar-refractivity contribution in [1.29, 1.82) is 5.26 Å². The molecule has 28 heteroatoms. The Morgan fingerprint density at radius 2 is 1.29 bits per heavy atom. The zero-order valence-corrected chi connectivity index (χ0v) is 38.6. The van der Waals surface area contributed by atoms with Crippen molar-refractivity contribution in [3.05, 3.63) is 95.9 Å². The highest BCUT2D eigenvalue weighted by Crippen LogP contribution is 2.40. The summed E-state index contributed by atoms with van der Waals surface area (Å²) in [5, 5.41) is 32.8. The molecule has 5 aromatic heterocycles. The highest BCUT2D eigenvalue weighted by molar-refractivity contribution is 7.88. The van der Waals surface area contributed by atoms with Crippen molar-refractivity contribution in [1.82, 2.24) is 52.6 Å². The number of rotatable bonds is 13. The molecule has 0 spiro atoms. The average molecular weight is 1020 g/mol.